The predicted octanol–water partition coefficient (Wildman–Crippen LogP) is 2.24. The number of methoxy groups -OCH3 is 3. The number of carbonyl (C=O) groups is 1. The molecular formula is C20H26N2O5. The maximum Gasteiger partial charge on any atom is 0.251 e. The molecule has 146 valence electrons. The molecule has 0 aromatic heterocycles. The minimum absolute atomic E-state index is 0.233. The Hall–Kier alpha value is -2.93. The fraction of sp³-hybridized carbons (Fsp3) is 0.350. The second kappa shape index (κ2) is 10.3. The lowest BCUT2D eigenvalue weighted by molar-refractivity contribution is 0.0950. The number of nitrogens with one attached hydrogen (secondary N) is 2. The molecule has 1 amide bonds. The molecule has 0 aliphatic heterocycles. The van der Waals surface area contributed by atoms with Crippen molar-refractivity contribution in [2.45, 2.75) is 6.54 Å². The number of hydrogen-bond donors (Lipinski definition) is 2. The molecular weight excluding hydrogens is 348 g/mol. The quantitative estimate of drug-likeness (QED) is 0.621. The van der Waals surface area contributed by atoms with Crippen molar-refractivity contribution in [1.82, 2.24) is 10.6 Å². The summed E-state index contributed by atoms with van der Waals surface area (Å²) in [4.78, 5) is 12.5. The van der Waals surface area contributed by atoms with Crippen LogP contribution < -0.4 is 29.6 Å². The molecule has 0 atom stereocenters. The SMILES string of the molecule is CNCCOc1ccc(CNC(=O)c2cc(OC)c(OC)c(OC)c2)cc1. The summed E-state index contributed by atoms with van der Waals surface area (Å²) in [6.07, 6.45) is 0. The summed E-state index contributed by atoms with van der Waals surface area (Å²) in [7, 11) is 6.42. The maximum atomic E-state index is 12.5. The summed E-state index contributed by atoms with van der Waals surface area (Å²) >= 11 is 0. The highest BCUT2D eigenvalue weighted by Gasteiger charge is 2.16. The monoisotopic (exact) mass is 374 g/mol. The van der Waals surface area contributed by atoms with Crippen LogP contribution in [0.15, 0.2) is 36.4 Å². The summed E-state index contributed by atoms with van der Waals surface area (Å²) < 4.78 is 21.4. The van der Waals surface area contributed by atoms with E-state index in [0.717, 1.165) is 17.9 Å². The van der Waals surface area contributed by atoms with Gasteiger partial charge in [0.15, 0.2) is 11.5 Å². The Morgan fingerprint density at radius 3 is 2.11 bits per heavy atom. The van der Waals surface area contributed by atoms with E-state index in [1.807, 2.05) is 31.3 Å². The minimum Gasteiger partial charge on any atom is -0.493 e. The fourth-order valence-electron chi connectivity index (χ4n) is 2.47. The van der Waals surface area contributed by atoms with Crippen molar-refractivity contribution < 1.29 is 23.7 Å². The molecule has 0 heterocycles. The van der Waals surface area contributed by atoms with E-state index in [1.54, 1.807) is 12.1 Å². The predicted molar refractivity (Wildman–Crippen MR) is 103 cm³/mol. The van der Waals surface area contributed by atoms with Gasteiger partial charge in [0.25, 0.3) is 5.91 Å². The van der Waals surface area contributed by atoms with Gasteiger partial charge in [-0.3, -0.25) is 4.79 Å². The van der Waals surface area contributed by atoms with Crippen molar-refractivity contribution in [2.24, 2.45) is 0 Å². The Morgan fingerprint density at radius 2 is 1.59 bits per heavy atom. The average molecular weight is 374 g/mol. The third-order valence-corrected chi connectivity index (χ3v) is 3.92. The first-order chi connectivity index (χ1) is 13.1. The molecule has 7 nitrogen and oxygen atoms in total. The first-order valence-corrected chi connectivity index (χ1v) is 8.57. The number of likely N-dealkylation sites (N-methyl/N-ethyl adjacent to an activating group) is 1. The molecule has 0 aliphatic carbocycles. The molecule has 2 rings (SSSR count). The van der Waals surface area contributed by atoms with Gasteiger partial charge in [0, 0.05) is 18.7 Å². The van der Waals surface area contributed by atoms with Crippen LogP contribution in [0.5, 0.6) is 23.0 Å². The second-order valence-electron chi connectivity index (χ2n) is 5.69. The van der Waals surface area contributed by atoms with Crippen molar-refractivity contribution >= 4 is 5.91 Å². The Bertz CT molecular complexity index is 722. The standard InChI is InChI=1S/C20H26N2O5/c1-21-9-10-27-16-7-5-14(6-8-16)13-22-20(23)15-11-17(24-2)19(26-4)18(12-15)25-3/h5-8,11-12,21H,9-10,13H2,1-4H3,(H,22,23). The van der Waals surface area contributed by atoms with E-state index in [9.17, 15) is 4.79 Å². The van der Waals surface area contributed by atoms with E-state index in [-0.39, 0.29) is 5.91 Å². The smallest absolute Gasteiger partial charge is 0.251 e. The zero-order chi connectivity index (χ0) is 19.6. The fourth-order valence-corrected chi connectivity index (χ4v) is 2.47. The number of carbonyl (C=O) groups excluding carboxylic acids is 1. The van der Waals surface area contributed by atoms with Crippen LogP contribution in [0.3, 0.4) is 0 Å². The average Bonchev–Trinajstić information content (AvgIpc) is 2.71. The van der Waals surface area contributed by atoms with Gasteiger partial charge in [-0.1, -0.05) is 12.1 Å². The lowest BCUT2D eigenvalue weighted by Crippen LogP contribution is -2.23. The molecule has 0 fully saturated rings. The van der Waals surface area contributed by atoms with Gasteiger partial charge in [0.2, 0.25) is 5.75 Å². The van der Waals surface area contributed by atoms with Crippen molar-refractivity contribution in [2.75, 3.05) is 41.5 Å². The number of hydrogen-bond acceptors (Lipinski definition) is 6. The first kappa shape index (κ1) is 20.4. The molecule has 0 unspecified atom stereocenters. The molecule has 7 heteroatoms. The van der Waals surface area contributed by atoms with Crippen LogP contribution in [0.2, 0.25) is 0 Å². The van der Waals surface area contributed by atoms with Gasteiger partial charge < -0.3 is 29.6 Å². The Balaban J connectivity index is 2.01. The third kappa shape index (κ3) is 5.52. The lowest BCUT2D eigenvalue weighted by atomic mass is 10.1. The van der Waals surface area contributed by atoms with Crippen molar-refractivity contribution in [1.29, 1.82) is 0 Å². The summed E-state index contributed by atoms with van der Waals surface area (Å²) in [6, 6.07) is 10.9. The molecule has 2 aromatic carbocycles. The van der Waals surface area contributed by atoms with Crippen molar-refractivity contribution in [3.63, 3.8) is 0 Å². The highest BCUT2D eigenvalue weighted by atomic mass is 16.5. The molecule has 0 bridgehead atoms. The van der Waals surface area contributed by atoms with Gasteiger partial charge in [-0.2, -0.15) is 0 Å². The van der Waals surface area contributed by atoms with Crippen LogP contribution >= 0.6 is 0 Å². The minimum atomic E-state index is -0.233. The molecule has 0 saturated heterocycles. The molecule has 27 heavy (non-hydrogen) atoms. The molecule has 2 N–H and O–H groups in total. The summed E-state index contributed by atoms with van der Waals surface area (Å²) in [6.45, 7) is 1.78. The highest BCUT2D eigenvalue weighted by molar-refractivity contribution is 5.95. The van der Waals surface area contributed by atoms with Crippen molar-refractivity contribution in [3.05, 3.63) is 47.5 Å². The van der Waals surface area contributed by atoms with Gasteiger partial charge in [-0.25, -0.2) is 0 Å². The second-order valence-corrected chi connectivity index (χ2v) is 5.69. The first-order valence-electron chi connectivity index (χ1n) is 8.57. The molecule has 0 spiro atoms. The third-order valence-electron chi connectivity index (χ3n) is 3.92. The van der Waals surface area contributed by atoms with Gasteiger partial charge in [0.1, 0.15) is 12.4 Å². The van der Waals surface area contributed by atoms with Crippen LogP contribution in [0.1, 0.15) is 15.9 Å². The molecule has 2 aromatic rings. The van der Waals surface area contributed by atoms with E-state index >= 15 is 0 Å². The van der Waals surface area contributed by atoms with E-state index in [4.69, 9.17) is 18.9 Å². The lowest BCUT2D eigenvalue weighted by Gasteiger charge is -2.14. The van der Waals surface area contributed by atoms with Gasteiger partial charge in [-0.15, -0.1) is 0 Å². The normalized spacial score (nSPS) is 10.2. The topological polar surface area (TPSA) is 78.1 Å². The Labute approximate surface area is 159 Å². The Morgan fingerprint density at radius 1 is 0.963 bits per heavy atom. The molecule has 0 aliphatic rings. The van der Waals surface area contributed by atoms with E-state index in [0.29, 0.717) is 36.0 Å². The maximum absolute atomic E-state index is 12.5. The van der Waals surface area contributed by atoms with E-state index < -0.39 is 0 Å². The summed E-state index contributed by atoms with van der Waals surface area (Å²) in [5.41, 5.74) is 1.40. The Kier molecular flexibility index (Phi) is 7.76. The summed E-state index contributed by atoms with van der Waals surface area (Å²) in [5, 5.41) is 5.91. The number of amides is 1. The van der Waals surface area contributed by atoms with Crippen LogP contribution in [0.4, 0.5) is 0 Å². The van der Waals surface area contributed by atoms with Crippen LogP contribution in [-0.4, -0.2) is 47.4 Å². The largest absolute Gasteiger partial charge is 0.493 e. The van der Waals surface area contributed by atoms with E-state index in [1.165, 1.54) is 21.3 Å². The number of ether oxygens (including phenoxy) is 4. The van der Waals surface area contributed by atoms with Crippen LogP contribution in [0, 0.1) is 0 Å². The van der Waals surface area contributed by atoms with Crippen LogP contribution in [0.25, 0.3) is 0 Å². The van der Waals surface area contributed by atoms with E-state index in [2.05, 4.69) is 10.6 Å². The van der Waals surface area contributed by atoms with Gasteiger partial charge in [0.05, 0.1) is 21.3 Å². The number of rotatable bonds is 10. The zero-order valence-electron chi connectivity index (χ0n) is 16.1. The van der Waals surface area contributed by atoms with Crippen LogP contribution in [-0.2, 0) is 6.54 Å². The molecule has 0 radical (unpaired) electrons. The molecule has 0 saturated carbocycles. The zero-order valence-corrected chi connectivity index (χ0v) is 16.1. The summed E-state index contributed by atoms with van der Waals surface area (Å²) in [5.74, 6) is 1.88. The van der Waals surface area contributed by atoms with Crippen molar-refractivity contribution in [3.8, 4) is 23.0 Å². The van der Waals surface area contributed by atoms with Gasteiger partial charge in [-0.05, 0) is 36.9 Å². The van der Waals surface area contributed by atoms with Gasteiger partial charge >= 0.3 is 0 Å². The number of benzene rings is 2. The highest BCUT2D eigenvalue weighted by Crippen LogP contribution is 2.38.